The molecular weight excluding hydrogens is 425 g/mol. The summed E-state index contributed by atoms with van der Waals surface area (Å²) >= 11 is 5.59. The lowest BCUT2D eigenvalue weighted by atomic mass is 10.2. The number of carbonyl (C=O) groups excluding carboxylic acids is 2. The van der Waals surface area contributed by atoms with Gasteiger partial charge < -0.3 is 19.1 Å². The minimum Gasteiger partial charge on any atom is -0.469 e. The van der Waals surface area contributed by atoms with Gasteiger partial charge in [0.25, 0.3) is 5.91 Å². The number of amides is 2. The number of nitrogens with one attached hydrogen (secondary N) is 1. The van der Waals surface area contributed by atoms with E-state index >= 15 is 0 Å². The van der Waals surface area contributed by atoms with Crippen LogP contribution in [-0.4, -0.2) is 23.3 Å². The lowest BCUT2D eigenvalue weighted by molar-refractivity contribution is -0.137. The van der Waals surface area contributed by atoms with Gasteiger partial charge in [0.05, 0.1) is 35.2 Å². The van der Waals surface area contributed by atoms with E-state index in [-0.39, 0.29) is 17.8 Å². The number of rotatable bonds is 6. The zero-order valence-corrected chi connectivity index (χ0v) is 16.4. The number of anilines is 1. The Kier molecular flexibility index (Phi) is 6.21. The number of alkyl halides is 3. The molecule has 0 aliphatic rings. The first-order valence-electron chi connectivity index (χ1n) is 8.67. The summed E-state index contributed by atoms with van der Waals surface area (Å²) in [6.07, 6.45) is -1.90. The number of furan rings is 2. The van der Waals surface area contributed by atoms with Gasteiger partial charge in [-0.2, -0.15) is 13.2 Å². The van der Waals surface area contributed by atoms with Gasteiger partial charge in [-0.15, -0.1) is 0 Å². The van der Waals surface area contributed by atoms with Gasteiger partial charge in [0.2, 0.25) is 5.91 Å². The average Bonchev–Trinajstić information content (AvgIpc) is 3.33. The fourth-order valence-corrected chi connectivity index (χ4v) is 2.99. The van der Waals surface area contributed by atoms with Crippen molar-refractivity contribution in [2.75, 3.05) is 11.9 Å². The third-order valence-corrected chi connectivity index (χ3v) is 4.52. The van der Waals surface area contributed by atoms with Crippen LogP contribution in [0.4, 0.5) is 18.9 Å². The molecule has 0 aliphatic carbocycles. The third kappa shape index (κ3) is 5.04. The number of nitrogens with zero attached hydrogens (tertiary/aromatic N) is 1. The van der Waals surface area contributed by atoms with Gasteiger partial charge in [-0.1, -0.05) is 11.6 Å². The first kappa shape index (κ1) is 21.5. The number of hydrogen-bond acceptors (Lipinski definition) is 4. The van der Waals surface area contributed by atoms with E-state index in [9.17, 15) is 22.8 Å². The Bertz CT molecular complexity index is 1040. The molecule has 1 N–H and O–H groups in total. The highest BCUT2D eigenvalue weighted by molar-refractivity contribution is 6.31. The molecule has 2 amide bonds. The molecule has 0 saturated heterocycles. The summed E-state index contributed by atoms with van der Waals surface area (Å²) in [7, 11) is 0. The quantitative estimate of drug-likeness (QED) is 0.576. The van der Waals surface area contributed by atoms with E-state index in [1.165, 1.54) is 29.6 Å². The van der Waals surface area contributed by atoms with Gasteiger partial charge in [0, 0.05) is 5.69 Å². The summed E-state index contributed by atoms with van der Waals surface area (Å²) < 4.78 is 49.4. The molecule has 2 aromatic heterocycles. The van der Waals surface area contributed by atoms with Gasteiger partial charge in [-0.05, 0) is 43.3 Å². The molecule has 10 heteroatoms. The Hall–Kier alpha value is -3.20. The molecule has 0 radical (unpaired) electrons. The molecule has 1 aromatic carbocycles. The van der Waals surface area contributed by atoms with Crippen LogP contribution in [0.15, 0.2) is 57.8 Å². The SMILES string of the molecule is Cc1occc1C(=O)N(CC(=O)Nc1ccc(Cl)c(C(F)(F)F)c1)Cc1ccco1. The minimum absolute atomic E-state index is 0.0156. The van der Waals surface area contributed by atoms with Crippen molar-refractivity contribution in [2.24, 2.45) is 0 Å². The van der Waals surface area contributed by atoms with Gasteiger partial charge in [-0.3, -0.25) is 9.59 Å². The van der Waals surface area contributed by atoms with Crippen molar-refractivity contribution in [3.8, 4) is 0 Å². The highest BCUT2D eigenvalue weighted by atomic mass is 35.5. The molecular formula is C20H16ClF3N2O4. The van der Waals surface area contributed by atoms with Crippen molar-refractivity contribution in [1.82, 2.24) is 4.90 Å². The highest BCUT2D eigenvalue weighted by Crippen LogP contribution is 2.36. The van der Waals surface area contributed by atoms with Crippen molar-refractivity contribution >= 4 is 29.1 Å². The molecule has 0 atom stereocenters. The van der Waals surface area contributed by atoms with Crippen LogP contribution < -0.4 is 5.32 Å². The normalized spacial score (nSPS) is 11.4. The van der Waals surface area contributed by atoms with Crippen LogP contribution in [0.3, 0.4) is 0 Å². The van der Waals surface area contributed by atoms with Crippen LogP contribution in [0, 0.1) is 6.92 Å². The monoisotopic (exact) mass is 440 g/mol. The van der Waals surface area contributed by atoms with Gasteiger partial charge in [-0.25, -0.2) is 0 Å². The topological polar surface area (TPSA) is 75.7 Å². The predicted octanol–water partition coefficient (Wildman–Crippen LogP) is 5.13. The van der Waals surface area contributed by atoms with Crippen LogP contribution in [0.2, 0.25) is 5.02 Å². The van der Waals surface area contributed by atoms with Crippen LogP contribution in [-0.2, 0) is 17.5 Å². The van der Waals surface area contributed by atoms with Crippen LogP contribution in [0.5, 0.6) is 0 Å². The Morgan fingerprint density at radius 2 is 1.90 bits per heavy atom. The van der Waals surface area contributed by atoms with E-state index in [4.69, 9.17) is 20.4 Å². The van der Waals surface area contributed by atoms with E-state index in [0.717, 1.165) is 12.1 Å². The fraction of sp³-hybridized carbons (Fsp3) is 0.200. The van der Waals surface area contributed by atoms with E-state index in [1.807, 2.05) is 0 Å². The zero-order valence-electron chi connectivity index (χ0n) is 15.6. The highest BCUT2D eigenvalue weighted by Gasteiger charge is 2.33. The average molecular weight is 441 g/mol. The van der Waals surface area contributed by atoms with Gasteiger partial charge in [0.1, 0.15) is 18.1 Å². The number of halogens is 4. The molecule has 0 bridgehead atoms. The Morgan fingerprint density at radius 1 is 1.13 bits per heavy atom. The van der Waals surface area contributed by atoms with Crippen LogP contribution in [0.25, 0.3) is 0 Å². The molecule has 0 saturated carbocycles. The van der Waals surface area contributed by atoms with Crippen LogP contribution >= 0.6 is 11.6 Å². The van der Waals surface area contributed by atoms with E-state index < -0.39 is 35.1 Å². The molecule has 2 heterocycles. The molecule has 0 unspecified atom stereocenters. The summed E-state index contributed by atoms with van der Waals surface area (Å²) in [4.78, 5) is 26.5. The second-order valence-corrected chi connectivity index (χ2v) is 6.78. The Morgan fingerprint density at radius 3 is 2.50 bits per heavy atom. The Balaban J connectivity index is 1.78. The number of hydrogen-bond donors (Lipinski definition) is 1. The summed E-state index contributed by atoms with van der Waals surface area (Å²) in [5, 5.41) is 1.88. The van der Waals surface area contributed by atoms with Crippen molar-refractivity contribution in [2.45, 2.75) is 19.6 Å². The largest absolute Gasteiger partial charge is 0.469 e. The van der Waals surface area contributed by atoms with Crippen molar-refractivity contribution < 1.29 is 31.6 Å². The minimum atomic E-state index is -4.67. The first-order chi connectivity index (χ1) is 14.1. The number of aryl methyl sites for hydroxylation is 1. The Labute approximate surface area is 174 Å². The molecule has 0 aliphatic heterocycles. The summed E-state index contributed by atoms with van der Waals surface area (Å²) in [5.74, 6) is -0.369. The third-order valence-electron chi connectivity index (χ3n) is 4.19. The second-order valence-electron chi connectivity index (χ2n) is 6.37. The maximum Gasteiger partial charge on any atom is 0.417 e. The summed E-state index contributed by atoms with van der Waals surface area (Å²) in [6.45, 7) is 1.16. The molecule has 30 heavy (non-hydrogen) atoms. The first-order valence-corrected chi connectivity index (χ1v) is 9.05. The van der Waals surface area contributed by atoms with E-state index in [0.29, 0.717) is 11.5 Å². The second kappa shape index (κ2) is 8.66. The van der Waals surface area contributed by atoms with E-state index in [2.05, 4.69) is 5.32 Å². The number of benzene rings is 1. The lowest BCUT2D eigenvalue weighted by Gasteiger charge is -2.21. The lowest BCUT2D eigenvalue weighted by Crippen LogP contribution is -2.37. The van der Waals surface area contributed by atoms with E-state index in [1.54, 1.807) is 19.1 Å². The maximum atomic E-state index is 13.0. The molecule has 0 fully saturated rings. The predicted molar refractivity (Wildman–Crippen MR) is 102 cm³/mol. The molecule has 0 spiro atoms. The summed E-state index contributed by atoms with van der Waals surface area (Å²) in [6, 6.07) is 7.76. The van der Waals surface area contributed by atoms with Crippen LogP contribution in [0.1, 0.15) is 27.4 Å². The van der Waals surface area contributed by atoms with Crippen molar-refractivity contribution in [3.63, 3.8) is 0 Å². The molecule has 3 rings (SSSR count). The van der Waals surface area contributed by atoms with Crippen molar-refractivity contribution in [1.29, 1.82) is 0 Å². The molecule has 158 valence electrons. The van der Waals surface area contributed by atoms with Gasteiger partial charge >= 0.3 is 6.18 Å². The van der Waals surface area contributed by atoms with Gasteiger partial charge in [0.15, 0.2) is 0 Å². The van der Waals surface area contributed by atoms with Crippen molar-refractivity contribution in [3.05, 3.63) is 76.6 Å². The standard InChI is InChI=1S/C20H16ClF3N2O4/c1-12-15(6-8-29-12)19(28)26(10-14-3-2-7-30-14)11-18(27)25-13-4-5-17(21)16(9-13)20(22,23)24/h2-9H,10-11H2,1H3,(H,25,27). The smallest absolute Gasteiger partial charge is 0.417 e. The molecule has 6 nitrogen and oxygen atoms in total. The fourth-order valence-electron chi connectivity index (χ4n) is 2.76. The maximum absolute atomic E-state index is 13.0. The molecule has 3 aromatic rings. The summed E-state index contributed by atoms with van der Waals surface area (Å²) in [5.41, 5.74) is -0.902. The number of carbonyl (C=O) groups is 2. The zero-order chi connectivity index (χ0) is 21.9.